The van der Waals surface area contributed by atoms with Crippen molar-refractivity contribution in [1.82, 2.24) is 24.6 Å². The lowest BCUT2D eigenvalue weighted by Gasteiger charge is -2.08. The Labute approximate surface area is 147 Å². The standard InChI is InChI=1S/C16H16ClN5O3/c17-13-4-2-1-3-11(13)7-18-14(24)9-21-10-19-15-12(16(21)25)8-20-22(15)5-6-23/h1-4,8,10,23H,5-7,9H2,(H,18,24). The number of aliphatic hydroxyl groups is 1. The van der Waals surface area contributed by atoms with Gasteiger partial charge in [-0.3, -0.25) is 14.2 Å². The average Bonchev–Trinajstić information content (AvgIpc) is 3.01. The minimum absolute atomic E-state index is 0.105. The van der Waals surface area contributed by atoms with Crippen LogP contribution in [0.3, 0.4) is 0 Å². The van der Waals surface area contributed by atoms with Gasteiger partial charge in [-0.25, -0.2) is 9.67 Å². The zero-order valence-electron chi connectivity index (χ0n) is 13.2. The summed E-state index contributed by atoms with van der Waals surface area (Å²) in [5.74, 6) is -0.328. The Hall–Kier alpha value is -2.71. The summed E-state index contributed by atoms with van der Waals surface area (Å²) in [4.78, 5) is 28.7. The Morgan fingerprint density at radius 1 is 1.32 bits per heavy atom. The van der Waals surface area contributed by atoms with Gasteiger partial charge in [0.25, 0.3) is 5.56 Å². The van der Waals surface area contributed by atoms with E-state index in [0.717, 1.165) is 5.56 Å². The predicted octanol–water partition coefficient (Wildman–Crippen LogP) is 0.555. The maximum atomic E-state index is 12.4. The summed E-state index contributed by atoms with van der Waals surface area (Å²) in [6.45, 7) is 0.263. The highest BCUT2D eigenvalue weighted by atomic mass is 35.5. The highest BCUT2D eigenvalue weighted by molar-refractivity contribution is 6.31. The van der Waals surface area contributed by atoms with E-state index in [0.29, 0.717) is 16.1 Å². The van der Waals surface area contributed by atoms with Crippen molar-refractivity contribution in [1.29, 1.82) is 0 Å². The summed E-state index contributed by atoms with van der Waals surface area (Å²) in [5, 5.41) is 16.6. The van der Waals surface area contributed by atoms with Gasteiger partial charge in [0, 0.05) is 11.6 Å². The molecule has 25 heavy (non-hydrogen) atoms. The zero-order valence-corrected chi connectivity index (χ0v) is 14.0. The lowest BCUT2D eigenvalue weighted by molar-refractivity contribution is -0.121. The van der Waals surface area contributed by atoms with Gasteiger partial charge in [-0.15, -0.1) is 0 Å². The summed E-state index contributed by atoms with van der Waals surface area (Å²) < 4.78 is 2.66. The number of carbonyl (C=O) groups excluding carboxylic acids is 1. The van der Waals surface area contributed by atoms with E-state index in [4.69, 9.17) is 16.7 Å². The van der Waals surface area contributed by atoms with Gasteiger partial charge in [-0.05, 0) is 11.6 Å². The Morgan fingerprint density at radius 3 is 2.88 bits per heavy atom. The monoisotopic (exact) mass is 361 g/mol. The van der Waals surface area contributed by atoms with Crippen LogP contribution in [0, 0.1) is 0 Å². The summed E-state index contributed by atoms with van der Waals surface area (Å²) in [6.07, 6.45) is 2.69. The number of nitrogens with zero attached hydrogens (tertiary/aromatic N) is 4. The average molecular weight is 362 g/mol. The largest absolute Gasteiger partial charge is 0.394 e. The second-order valence-electron chi connectivity index (χ2n) is 5.37. The van der Waals surface area contributed by atoms with Crippen LogP contribution in [-0.4, -0.2) is 37.0 Å². The number of hydrogen-bond donors (Lipinski definition) is 2. The molecule has 3 aromatic rings. The number of halogens is 1. The molecule has 0 unspecified atom stereocenters. The highest BCUT2D eigenvalue weighted by Crippen LogP contribution is 2.14. The molecule has 9 heteroatoms. The molecule has 0 spiro atoms. The van der Waals surface area contributed by atoms with Gasteiger partial charge < -0.3 is 10.4 Å². The number of amides is 1. The maximum absolute atomic E-state index is 12.4. The molecule has 0 bridgehead atoms. The Balaban J connectivity index is 1.72. The van der Waals surface area contributed by atoms with Gasteiger partial charge >= 0.3 is 0 Å². The number of carbonyl (C=O) groups is 1. The first-order valence-electron chi connectivity index (χ1n) is 7.62. The number of hydrogen-bond acceptors (Lipinski definition) is 5. The third-order valence-corrected chi connectivity index (χ3v) is 4.05. The molecule has 1 amide bonds. The molecule has 0 radical (unpaired) electrons. The van der Waals surface area contributed by atoms with E-state index in [-0.39, 0.29) is 37.7 Å². The van der Waals surface area contributed by atoms with Crippen LogP contribution in [0.1, 0.15) is 5.56 Å². The van der Waals surface area contributed by atoms with Gasteiger partial charge in [0.1, 0.15) is 18.3 Å². The first-order valence-corrected chi connectivity index (χ1v) is 8.00. The third-order valence-electron chi connectivity index (χ3n) is 3.68. The van der Waals surface area contributed by atoms with Crippen LogP contribution < -0.4 is 10.9 Å². The van der Waals surface area contributed by atoms with Crippen molar-refractivity contribution >= 4 is 28.5 Å². The Bertz CT molecular complexity index is 966. The van der Waals surface area contributed by atoms with Gasteiger partial charge in [0.05, 0.1) is 19.3 Å². The van der Waals surface area contributed by atoms with Crippen LogP contribution >= 0.6 is 11.6 Å². The Kier molecular flexibility index (Phi) is 5.11. The van der Waals surface area contributed by atoms with E-state index in [2.05, 4.69) is 15.4 Å². The quantitative estimate of drug-likeness (QED) is 0.667. The molecule has 0 saturated carbocycles. The zero-order chi connectivity index (χ0) is 17.8. The van der Waals surface area contributed by atoms with Crippen molar-refractivity contribution in [2.45, 2.75) is 19.6 Å². The fraction of sp³-hybridized carbons (Fsp3) is 0.250. The molecule has 0 atom stereocenters. The van der Waals surface area contributed by atoms with E-state index in [1.807, 2.05) is 18.2 Å². The van der Waals surface area contributed by atoms with Crippen molar-refractivity contribution < 1.29 is 9.90 Å². The lowest BCUT2D eigenvalue weighted by Crippen LogP contribution is -2.32. The molecule has 1 aromatic carbocycles. The van der Waals surface area contributed by atoms with Gasteiger partial charge in [0.2, 0.25) is 5.91 Å². The molecule has 3 rings (SSSR count). The van der Waals surface area contributed by atoms with Crippen molar-refractivity contribution in [2.75, 3.05) is 6.61 Å². The number of fused-ring (bicyclic) bond motifs is 1. The van der Waals surface area contributed by atoms with Gasteiger partial charge in [-0.2, -0.15) is 5.10 Å². The fourth-order valence-electron chi connectivity index (χ4n) is 2.41. The molecular formula is C16H16ClN5O3. The minimum atomic E-state index is -0.359. The summed E-state index contributed by atoms with van der Waals surface area (Å²) in [6, 6.07) is 7.21. The van der Waals surface area contributed by atoms with Crippen LogP contribution in [0.4, 0.5) is 0 Å². The maximum Gasteiger partial charge on any atom is 0.264 e. The SMILES string of the molecule is O=C(Cn1cnc2c(cnn2CCO)c1=O)NCc1ccccc1Cl. The molecule has 2 N–H and O–H groups in total. The van der Waals surface area contributed by atoms with E-state index >= 15 is 0 Å². The highest BCUT2D eigenvalue weighted by Gasteiger charge is 2.12. The van der Waals surface area contributed by atoms with Crippen molar-refractivity contribution in [3.8, 4) is 0 Å². The second-order valence-corrected chi connectivity index (χ2v) is 5.78. The molecule has 130 valence electrons. The lowest BCUT2D eigenvalue weighted by atomic mass is 10.2. The number of rotatable bonds is 6. The smallest absolute Gasteiger partial charge is 0.264 e. The van der Waals surface area contributed by atoms with Crippen molar-refractivity contribution in [3.05, 3.63) is 57.7 Å². The molecular weight excluding hydrogens is 346 g/mol. The molecule has 8 nitrogen and oxygen atoms in total. The van der Waals surface area contributed by atoms with Crippen molar-refractivity contribution in [2.24, 2.45) is 0 Å². The number of aliphatic hydroxyl groups excluding tert-OH is 1. The number of aromatic nitrogens is 4. The molecule has 0 aliphatic heterocycles. The second kappa shape index (κ2) is 7.45. The Morgan fingerprint density at radius 2 is 2.12 bits per heavy atom. The third kappa shape index (κ3) is 3.70. The van der Waals surface area contributed by atoms with Crippen LogP contribution in [0.5, 0.6) is 0 Å². The molecule has 2 heterocycles. The van der Waals surface area contributed by atoms with Gasteiger partial charge in [0.15, 0.2) is 5.65 Å². The first-order chi connectivity index (χ1) is 12.1. The molecule has 0 aliphatic carbocycles. The van der Waals surface area contributed by atoms with Crippen LogP contribution in [0.15, 0.2) is 41.6 Å². The van der Waals surface area contributed by atoms with E-state index in [1.54, 1.807) is 6.07 Å². The van der Waals surface area contributed by atoms with Gasteiger partial charge in [-0.1, -0.05) is 29.8 Å². The van der Waals surface area contributed by atoms with E-state index in [1.165, 1.54) is 21.8 Å². The first kappa shape index (κ1) is 17.1. The van der Waals surface area contributed by atoms with Crippen LogP contribution in [0.25, 0.3) is 11.0 Å². The summed E-state index contributed by atoms with van der Waals surface area (Å²) in [7, 11) is 0. The summed E-state index contributed by atoms with van der Waals surface area (Å²) >= 11 is 6.04. The molecule has 0 saturated heterocycles. The predicted molar refractivity (Wildman–Crippen MR) is 92.2 cm³/mol. The van der Waals surface area contributed by atoms with E-state index in [9.17, 15) is 9.59 Å². The molecule has 0 aliphatic rings. The normalized spacial score (nSPS) is 11.0. The molecule has 0 fully saturated rings. The fourth-order valence-corrected chi connectivity index (χ4v) is 2.62. The number of nitrogens with one attached hydrogen (secondary N) is 1. The minimum Gasteiger partial charge on any atom is -0.394 e. The molecule has 2 aromatic heterocycles. The topological polar surface area (TPSA) is 102 Å². The van der Waals surface area contributed by atoms with Crippen LogP contribution in [-0.2, 0) is 24.4 Å². The summed E-state index contributed by atoms with van der Waals surface area (Å²) in [5.41, 5.74) is 0.817. The van der Waals surface area contributed by atoms with Crippen molar-refractivity contribution in [3.63, 3.8) is 0 Å². The van der Waals surface area contributed by atoms with E-state index < -0.39 is 0 Å². The van der Waals surface area contributed by atoms with Crippen LogP contribution in [0.2, 0.25) is 5.02 Å². The number of benzene rings is 1.